The van der Waals surface area contributed by atoms with E-state index in [9.17, 15) is 9.59 Å². The van der Waals surface area contributed by atoms with Crippen LogP contribution in [-0.4, -0.2) is 42.4 Å². The zero-order valence-electron chi connectivity index (χ0n) is 9.84. The largest absolute Gasteiger partial charge is 0.476 e. The Morgan fingerprint density at radius 2 is 2.11 bits per heavy atom. The highest BCUT2D eigenvalue weighted by molar-refractivity contribution is 7.13. The minimum Gasteiger partial charge on any atom is -0.476 e. The minimum atomic E-state index is -1.11. The van der Waals surface area contributed by atoms with E-state index < -0.39 is 11.9 Å². The molecule has 0 bridgehead atoms. The van der Waals surface area contributed by atoms with E-state index in [2.05, 4.69) is 9.72 Å². The molecule has 0 atom stereocenters. The summed E-state index contributed by atoms with van der Waals surface area (Å²) in [5.41, 5.74) is -0.0349. The Labute approximate surface area is 108 Å². The van der Waals surface area contributed by atoms with Crippen molar-refractivity contribution in [3.05, 3.63) is 15.6 Å². The zero-order chi connectivity index (χ0) is 13.1. The molecule has 0 amide bonds. The molecule has 1 aromatic rings. The molecule has 0 radical (unpaired) electrons. The van der Waals surface area contributed by atoms with Crippen LogP contribution in [-0.2, 0) is 9.47 Å². The van der Waals surface area contributed by atoms with Crippen molar-refractivity contribution in [2.24, 2.45) is 0 Å². The van der Waals surface area contributed by atoms with Crippen molar-refractivity contribution in [3.8, 4) is 0 Å². The van der Waals surface area contributed by atoms with E-state index in [-0.39, 0.29) is 16.6 Å². The van der Waals surface area contributed by atoms with Gasteiger partial charge in [-0.2, -0.15) is 0 Å². The number of carboxylic acids is 1. The fraction of sp³-hybridized carbons (Fsp3) is 0.545. The second-order valence-electron chi connectivity index (χ2n) is 3.92. The van der Waals surface area contributed by atoms with Crippen LogP contribution in [0.25, 0.3) is 0 Å². The second-order valence-corrected chi connectivity index (χ2v) is 4.95. The average Bonchev–Trinajstić information content (AvgIpc) is 2.84. The molecular formula is C11H13NO5S. The van der Waals surface area contributed by atoms with E-state index in [4.69, 9.17) is 9.84 Å². The molecule has 7 heteroatoms. The van der Waals surface area contributed by atoms with Gasteiger partial charge in [-0.25, -0.2) is 14.6 Å². The number of hydrogen-bond donors (Lipinski definition) is 1. The maximum Gasteiger partial charge on any atom is 0.367 e. The summed E-state index contributed by atoms with van der Waals surface area (Å²) in [7, 11) is 1.25. The fourth-order valence-corrected chi connectivity index (χ4v) is 3.04. The first-order valence-corrected chi connectivity index (χ1v) is 6.35. The number of rotatable bonds is 3. The molecule has 1 saturated heterocycles. The average molecular weight is 271 g/mol. The minimum absolute atomic E-state index is 0.0349. The van der Waals surface area contributed by atoms with Gasteiger partial charge in [0.15, 0.2) is 5.69 Å². The van der Waals surface area contributed by atoms with Crippen molar-refractivity contribution >= 4 is 23.3 Å². The van der Waals surface area contributed by atoms with Crippen LogP contribution in [0.5, 0.6) is 0 Å². The third-order valence-corrected chi connectivity index (χ3v) is 4.01. The molecule has 1 aromatic heterocycles. The van der Waals surface area contributed by atoms with Crippen LogP contribution in [0, 0.1) is 0 Å². The molecule has 1 fully saturated rings. The number of nitrogens with zero attached hydrogens (tertiary/aromatic N) is 1. The van der Waals surface area contributed by atoms with Gasteiger partial charge in [0.2, 0.25) is 5.01 Å². The summed E-state index contributed by atoms with van der Waals surface area (Å²) in [6.45, 7) is 1.21. The number of carboxylic acid groups (broad SMARTS) is 1. The number of carbonyl (C=O) groups excluding carboxylic acids is 1. The topological polar surface area (TPSA) is 85.7 Å². The molecule has 98 valence electrons. The third-order valence-electron chi connectivity index (χ3n) is 2.81. The van der Waals surface area contributed by atoms with Crippen LogP contribution in [0.4, 0.5) is 0 Å². The van der Waals surface area contributed by atoms with E-state index in [1.54, 1.807) is 0 Å². The lowest BCUT2D eigenvalue weighted by atomic mass is 9.97. The van der Waals surface area contributed by atoms with E-state index in [1.807, 2.05) is 0 Å². The van der Waals surface area contributed by atoms with Gasteiger partial charge < -0.3 is 14.6 Å². The smallest absolute Gasteiger partial charge is 0.367 e. The normalized spacial score (nSPS) is 16.5. The number of ether oxygens (including phenoxy) is 2. The highest BCUT2D eigenvalue weighted by Gasteiger charge is 2.28. The van der Waals surface area contributed by atoms with Gasteiger partial charge in [0.25, 0.3) is 0 Å². The molecule has 1 N–H and O–H groups in total. The lowest BCUT2D eigenvalue weighted by Gasteiger charge is -2.20. The SMILES string of the molecule is COC(=O)c1nc(C(=O)O)c(C2CCOCC2)s1. The summed E-state index contributed by atoms with van der Waals surface area (Å²) in [6.07, 6.45) is 1.51. The van der Waals surface area contributed by atoms with Crippen LogP contribution < -0.4 is 0 Å². The predicted molar refractivity (Wildman–Crippen MR) is 63.2 cm³/mol. The molecule has 1 aliphatic heterocycles. The summed E-state index contributed by atoms with van der Waals surface area (Å²) in [4.78, 5) is 27.0. The van der Waals surface area contributed by atoms with Crippen molar-refractivity contribution < 1.29 is 24.2 Å². The maximum atomic E-state index is 11.4. The Balaban J connectivity index is 2.34. The standard InChI is InChI=1S/C11H13NO5S/c1-16-11(15)9-12-7(10(13)14)8(18-9)6-2-4-17-5-3-6/h6H,2-5H2,1H3,(H,13,14). The molecule has 18 heavy (non-hydrogen) atoms. The van der Waals surface area contributed by atoms with Crippen molar-refractivity contribution in [2.75, 3.05) is 20.3 Å². The molecule has 6 nitrogen and oxygen atoms in total. The van der Waals surface area contributed by atoms with Crippen molar-refractivity contribution in [2.45, 2.75) is 18.8 Å². The first kappa shape index (κ1) is 13.0. The molecule has 0 aliphatic carbocycles. The van der Waals surface area contributed by atoms with E-state index >= 15 is 0 Å². The summed E-state index contributed by atoms with van der Waals surface area (Å²) >= 11 is 1.10. The van der Waals surface area contributed by atoms with Gasteiger partial charge in [-0.15, -0.1) is 11.3 Å². The van der Waals surface area contributed by atoms with E-state index in [1.165, 1.54) is 7.11 Å². The summed E-state index contributed by atoms with van der Waals surface area (Å²) in [6, 6.07) is 0. The summed E-state index contributed by atoms with van der Waals surface area (Å²) in [5.74, 6) is -1.61. The summed E-state index contributed by atoms with van der Waals surface area (Å²) in [5, 5.41) is 9.22. The van der Waals surface area contributed by atoms with Gasteiger partial charge in [0.05, 0.1) is 7.11 Å². The Hall–Kier alpha value is -1.47. The van der Waals surface area contributed by atoms with Crippen molar-refractivity contribution in [1.29, 1.82) is 0 Å². The summed E-state index contributed by atoms with van der Waals surface area (Å²) < 4.78 is 9.81. The number of hydrogen-bond acceptors (Lipinski definition) is 6. The van der Waals surface area contributed by atoms with Crippen molar-refractivity contribution in [3.63, 3.8) is 0 Å². The number of aromatic nitrogens is 1. The zero-order valence-corrected chi connectivity index (χ0v) is 10.7. The molecule has 0 saturated carbocycles. The number of esters is 1. The second kappa shape index (κ2) is 5.45. The number of aromatic carboxylic acids is 1. The lowest BCUT2D eigenvalue weighted by Crippen LogP contribution is -2.15. The Morgan fingerprint density at radius 3 is 2.67 bits per heavy atom. The van der Waals surface area contributed by atoms with Crippen LogP contribution >= 0.6 is 11.3 Å². The van der Waals surface area contributed by atoms with Gasteiger partial charge in [0, 0.05) is 24.0 Å². The molecule has 0 unspecified atom stereocenters. The number of carbonyl (C=O) groups is 2. The van der Waals surface area contributed by atoms with E-state index in [0.717, 1.165) is 24.2 Å². The van der Waals surface area contributed by atoms with Gasteiger partial charge in [-0.1, -0.05) is 0 Å². The Kier molecular flexibility index (Phi) is 3.93. The maximum absolute atomic E-state index is 11.4. The van der Waals surface area contributed by atoms with Crippen LogP contribution in [0.1, 0.15) is 43.9 Å². The fourth-order valence-electron chi connectivity index (χ4n) is 1.90. The molecule has 0 aromatic carbocycles. The Morgan fingerprint density at radius 1 is 1.44 bits per heavy atom. The molecular weight excluding hydrogens is 258 g/mol. The van der Waals surface area contributed by atoms with Gasteiger partial charge in [-0.3, -0.25) is 0 Å². The molecule has 1 aliphatic rings. The monoisotopic (exact) mass is 271 g/mol. The van der Waals surface area contributed by atoms with Crippen LogP contribution in [0.2, 0.25) is 0 Å². The van der Waals surface area contributed by atoms with E-state index in [0.29, 0.717) is 18.1 Å². The first-order chi connectivity index (χ1) is 8.63. The van der Waals surface area contributed by atoms with Crippen molar-refractivity contribution in [1.82, 2.24) is 4.98 Å². The molecule has 0 spiro atoms. The number of methoxy groups -OCH3 is 1. The predicted octanol–water partition coefficient (Wildman–Crippen LogP) is 1.52. The third kappa shape index (κ3) is 2.51. The van der Waals surface area contributed by atoms with Gasteiger partial charge in [0.1, 0.15) is 0 Å². The van der Waals surface area contributed by atoms with Crippen LogP contribution in [0.3, 0.4) is 0 Å². The first-order valence-electron chi connectivity index (χ1n) is 5.53. The highest BCUT2D eigenvalue weighted by Crippen LogP contribution is 2.34. The lowest BCUT2D eigenvalue weighted by molar-refractivity contribution is 0.0600. The van der Waals surface area contributed by atoms with Gasteiger partial charge >= 0.3 is 11.9 Å². The Bertz CT molecular complexity index is 464. The molecule has 2 rings (SSSR count). The molecule has 2 heterocycles. The van der Waals surface area contributed by atoms with Crippen LogP contribution in [0.15, 0.2) is 0 Å². The highest BCUT2D eigenvalue weighted by atomic mass is 32.1. The number of thiazole rings is 1. The quantitative estimate of drug-likeness (QED) is 0.839. The van der Waals surface area contributed by atoms with Gasteiger partial charge in [-0.05, 0) is 12.8 Å².